The van der Waals surface area contributed by atoms with Crippen LogP contribution in [-0.2, 0) is 27.9 Å². The second kappa shape index (κ2) is 48.8. The Kier molecular flexibility index (Phi) is 46.8. The van der Waals surface area contributed by atoms with Crippen LogP contribution in [0.4, 0.5) is 0 Å². The molecule has 3 atom stereocenters. The van der Waals surface area contributed by atoms with Crippen molar-refractivity contribution in [3.05, 3.63) is 85.1 Å². The second-order valence-corrected chi connectivity index (χ2v) is 21.1. The number of carbonyl (C=O) groups excluding carboxylic acids is 2. The van der Waals surface area contributed by atoms with E-state index in [1.807, 2.05) is 27.2 Å². The lowest BCUT2D eigenvalue weighted by Crippen LogP contribution is -2.47. The van der Waals surface area contributed by atoms with Gasteiger partial charge in [-0.3, -0.25) is 14.2 Å². The zero-order valence-corrected chi connectivity index (χ0v) is 46.1. The average Bonchev–Trinajstić information content (AvgIpc) is 3.31. The van der Waals surface area contributed by atoms with Crippen LogP contribution in [0.25, 0.3) is 0 Å². The van der Waals surface area contributed by atoms with Crippen LogP contribution in [0.2, 0.25) is 0 Å². The number of rotatable bonds is 49. The van der Waals surface area contributed by atoms with Crippen molar-refractivity contribution in [3.63, 3.8) is 0 Å². The van der Waals surface area contributed by atoms with Crippen molar-refractivity contribution >= 4 is 19.7 Å². The van der Waals surface area contributed by atoms with E-state index >= 15 is 0 Å². The topological polar surface area (TPSA) is 114 Å². The largest absolute Gasteiger partial charge is 0.756 e. The first kappa shape index (κ1) is 66.2. The van der Waals surface area contributed by atoms with E-state index in [1.165, 1.54) is 96.3 Å². The molecule has 0 aliphatic rings. The monoisotopic (exact) mass is 985 g/mol. The third-order valence-electron chi connectivity index (χ3n) is 11.8. The van der Waals surface area contributed by atoms with Gasteiger partial charge in [0, 0.05) is 12.8 Å². The van der Waals surface area contributed by atoms with Crippen molar-refractivity contribution in [1.82, 2.24) is 5.32 Å². The summed E-state index contributed by atoms with van der Waals surface area (Å²) < 4.78 is 30.1. The van der Waals surface area contributed by atoms with Crippen molar-refractivity contribution in [3.8, 4) is 0 Å². The van der Waals surface area contributed by atoms with Gasteiger partial charge in [0.1, 0.15) is 19.3 Å². The van der Waals surface area contributed by atoms with Gasteiger partial charge in [-0.15, -0.1) is 0 Å². The van der Waals surface area contributed by atoms with E-state index in [-0.39, 0.29) is 31.3 Å². The molecule has 0 aliphatic heterocycles. The number of esters is 1. The van der Waals surface area contributed by atoms with Gasteiger partial charge in [-0.1, -0.05) is 202 Å². The highest BCUT2D eigenvalue weighted by molar-refractivity contribution is 7.45. The molecule has 10 heteroatoms. The fourth-order valence-corrected chi connectivity index (χ4v) is 8.21. The zero-order chi connectivity index (χ0) is 50.8. The first-order valence-corrected chi connectivity index (χ1v) is 29.4. The van der Waals surface area contributed by atoms with E-state index in [4.69, 9.17) is 13.8 Å². The molecule has 1 N–H and O–H groups in total. The summed E-state index contributed by atoms with van der Waals surface area (Å²) in [5.41, 5.74) is 0. The van der Waals surface area contributed by atoms with E-state index in [0.29, 0.717) is 23.9 Å². The third-order valence-corrected chi connectivity index (χ3v) is 12.8. The molecule has 398 valence electrons. The normalized spacial score (nSPS) is 14.5. The molecule has 0 rings (SSSR count). The number of phosphoric ester groups is 1. The smallest absolute Gasteiger partial charge is 0.306 e. The highest BCUT2D eigenvalue weighted by Crippen LogP contribution is 2.38. The molecule has 0 fully saturated rings. The number of quaternary nitrogens is 1. The van der Waals surface area contributed by atoms with Crippen molar-refractivity contribution in [2.45, 2.75) is 238 Å². The van der Waals surface area contributed by atoms with Crippen LogP contribution in [0.1, 0.15) is 226 Å². The second-order valence-electron chi connectivity index (χ2n) is 19.7. The molecule has 0 radical (unpaired) electrons. The molecule has 9 nitrogen and oxygen atoms in total. The number of phosphoric acid groups is 1. The van der Waals surface area contributed by atoms with Crippen LogP contribution in [-0.4, -0.2) is 69.4 Å². The minimum Gasteiger partial charge on any atom is -0.756 e. The molecule has 0 aromatic carbocycles. The highest BCUT2D eigenvalue weighted by atomic mass is 31.2. The van der Waals surface area contributed by atoms with E-state index in [2.05, 4.69) is 99.0 Å². The summed E-state index contributed by atoms with van der Waals surface area (Å²) in [7, 11) is 1.13. The van der Waals surface area contributed by atoms with Crippen LogP contribution in [0.3, 0.4) is 0 Å². The number of amides is 1. The fourth-order valence-electron chi connectivity index (χ4n) is 7.49. The van der Waals surface area contributed by atoms with Gasteiger partial charge >= 0.3 is 5.97 Å². The molecule has 69 heavy (non-hydrogen) atoms. The lowest BCUT2D eigenvalue weighted by molar-refractivity contribution is -0.870. The third kappa shape index (κ3) is 49.9. The maximum absolute atomic E-state index is 13.4. The van der Waals surface area contributed by atoms with Crippen LogP contribution in [0.15, 0.2) is 85.1 Å². The first-order valence-electron chi connectivity index (χ1n) is 27.9. The Morgan fingerprint density at radius 1 is 0.522 bits per heavy atom. The van der Waals surface area contributed by atoms with Crippen LogP contribution >= 0.6 is 7.82 Å². The number of carbonyl (C=O) groups is 2. The van der Waals surface area contributed by atoms with Gasteiger partial charge in [0.05, 0.1) is 33.8 Å². The summed E-state index contributed by atoms with van der Waals surface area (Å²) in [6.45, 7) is 6.65. The van der Waals surface area contributed by atoms with Crippen molar-refractivity contribution < 1.29 is 37.3 Å². The molecule has 0 aromatic rings. The number of ether oxygens (including phenoxy) is 1. The van der Waals surface area contributed by atoms with Crippen molar-refractivity contribution in [1.29, 1.82) is 0 Å². The van der Waals surface area contributed by atoms with E-state index in [9.17, 15) is 19.0 Å². The maximum atomic E-state index is 13.4. The summed E-state index contributed by atoms with van der Waals surface area (Å²) in [5.74, 6) is -0.632. The van der Waals surface area contributed by atoms with Crippen LogP contribution < -0.4 is 10.2 Å². The fraction of sp³-hybridized carbons (Fsp3) is 0.729. The predicted molar refractivity (Wildman–Crippen MR) is 293 cm³/mol. The quantitative estimate of drug-likeness (QED) is 0.0212. The van der Waals surface area contributed by atoms with Crippen molar-refractivity contribution in [2.75, 3.05) is 40.9 Å². The Balaban J connectivity index is 5.52. The Labute approximate surface area is 425 Å². The number of hydrogen-bond acceptors (Lipinski definition) is 7. The van der Waals surface area contributed by atoms with E-state index < -0.39 is 26.6 Å². The first-order chi connectivity index (χ1) is 33.4. The van der Waals surface area contributed by atoms with Gasteiger partial charge in [-0.2, -0.15) is 0 Å². The molecule has 0 bridgehead atoms. The lowest BCUT2D eigenvalue weighted by Gasteiger charge is -2.30. The summed E-state index contributed by atoms with van der Waals surface area (Å²) in [5, 5.41) is 2.98. The molecule has 0 spiro atoms. The van der Waals surface area contributed by atoms with Crippen LogP contribution in [0.5, 0.6) is 0 Å². The number of nitrogens with one attached hydrogen (secondary N) is 1. The van der Waals surface area contributed by atoms with E-state index in [0.717, 1.165) is 83.5 Å². The highest BCUT2D eigenvalue weighted by Gasteiger charge is 2.27. The number of nitrogens with zero attached hydrogens (tertiary/aromatic N) is 1. The van der Waals surface area contributed by atoms with E-state index in [1.54, 1.807) is 6.08 Å². The molecule has 3 unspecified atom stereocenters. The Bertz CT molecular complexity index is 1460. The molecule has 0 saturated heterocycles. The maximum Gasteiger partial charge on any atom is 0.306 e. The molecule has 0 saturated carbocycles. The summed E-state index contributed by atoms with van der Waals surface area (Å²) in [4.78, 5) is 39.8. The van der Waals surface area contributed by atoms with Gasteiger partial charge in [0.2, 0.25) is 5.91 Å². The molecule has 0 aromatic heterocycles. The predicted octanol–water partition coefficient (Wildman–Crippen LogP) is 16.0. The molecule has 0 aliphatic carbocycles. The molecular formula is C59H105N2O7P. The summed E-state index contributed by atoms with van der Waals surface area (Å²) in [6.07, 6.45) is 62.7. The van der Waals surface area contributed by atoms with Gasteiger partial charge in [-0.05, 0) is 96.0 Å². The van der Waals surface area contributed by atoms with Gasteiger partial charge in [-0.25, -0.2) is 0 Å². The summed E-state index contributed by atoms with van der Waals surface area (Å²) >= 11 is 0. The standard InChI is InChI=1S/C59H105N2O7P/c1-7-10-13-16-19-22-25-28-29-30-31-34-36-39-42-45-48-51-58(62)60-56(55-67-69(64,65)66-54-53-61(4,5)6)57(50-47-44-41-38-35-32-26-23-20-17-14-11-8-2)68-59(63)52-49-46-43-40-37-33-27-24-21-18-15-12-9-3/h10,13,19,22,28-29,31,33-34,37,39,42,47,50,56-57H,7-9,11-12,14-18,20-21,23-27,30,32,35-36,38,40-41,43-46,48-49,51-55H2,1-6H3,(H-,60,62,64,65)/b13-10-,22-19-,29-28-,34-31-,37-33-,42-39-,50-47-. The minimum atomic E-state index is -4.71. The number of allylic oxidation sites excluding steroid dienone is 13. The molecule has 1 amide bonds. The minimum absolute atomic E-state index is 0.0384. The Hall–Kier alpha value is -2.81. The Morgan fingerprint density at radius 3 is 1.43 bits per heavy atom. The number of likely N-dealkylation sites (N-methyl/N-ethyl adjacent to an activating group) is 1. The average molecular weight is 985 g/mol. The number of unbranched alkanes of at least 4 members (excludes halogenated alkanes) is 21. The van der Waals surface area contributed by atoms with Gasteiger partial charge in [0.25, 0.3) is 7.82 Å². The summed E-state index contributed by atoms with van der Waals surface area (Å²) in [6, 6.07) is -0.926. The molecular weight excluding hydrogens is 880 g/mol. The van der Waals surface area contributed by atoms with Gasteiger partial charge in [0.15, 0.2) is 0 Å². The number of hydrogen-bond donors (Lipinski definition) is 1. The Morgan fingerprint density at radius 2 is 0.942 bits per heavy atom. The SMILES string of the molecule is CC/C=C\C/C=C\C/C=C\C/C=C\C/C=C\CCCC(=O)NC(COP(=O)([O-])OCC[N+](C)(C)C)C(/C=C\CCCCCCCCCCCCC)OC(=O)CCCCC/C=C\CCCCCCCC. The van der Waals surface area contributed by atoms with Crippen molar-refractivity contribution in [2.24, 2.45) is 0 Å². The lowest BCUT2D eigenvalue weighted by atomic mass is 10.0. The molecule has 0 heterocycles. The van der Waals surface area contributed by atoms with Gasteiger partial charge < -0.3 is 28.5 Å². The van der Waals surface area contributed by atoms with Crippen LogP contribution in [0, 0.1) is 0 Å². The zero-order valence-electron chi connectivity index (χ0n) is 45.2.